The van der Waals surface area contributed by atoms with Gasteiger partial charge >= 0.3 is 5.97 Å². The molecule has 0 spiro atoms. The van der Waals surface area contributed by atoms with Crippen molar-refractivity contribution in [1.82, 2.24) is 4.57 Å². The van der Waals surface area contributed by atoms with E-state index >= 15 is 0 Å². The van der Waals surface area contributed by atoms with Crippen LogP contribution >= 0.6 is 22.9 Å². The molecule has 4 rings (SSSR count). The molecule has 0 bridgehead atoms. The van der Waals surface area contributed by atoms with Crippen molar-refractivity contribution in [3.05, 3.63) is 64.3 Å². The molecule has 3 heterocycles. The SMILES string of the molecule is CCOC(=O)c1c(-c2ccc(Cl)cc2)csc1NC(=O)c1cc2occc2n1C. The Morgan fingerprint density at radius 1 is 1.24 bits per heavy atom. The molecule has 1 aromatic carbocycles. The third kappa shape index (κ3) is 3.54. The second kappa shape index (κ2) is 7.77. The number of amides is 1. The maximum absolute atomic E-state index is 12.9. The molecule has 3 aromatic heterocycles. The van der Waals surface area contributed by atoms with Crippen molar-refractivity contribution in [1.29, 1.82) is 0 Å². The van der Waals surface area contributed by atoms with Crippen LogP contribution < -0.4 is 5.32 Å². The number of fused-ring (bicyclic) bond motifs is 1. The van der Waals surface area contributed by atoms with Crippen LogP contribution in [0.1, 0.15) is 27.8 Å². The predicted molar refractivity (Wildman–Crippen MR) is 114 cm³/mol. The van der Waals surface area contributed by atoms with Crippen LogP contribution in [0.25, 0.3) is 22.2 Å². The van der Waals surface area contributed by atoms with E-state index in [-0.39, 0.29) is 12.5 Å². The van der Waals surface area contributed by atoms with Crippen LogP contribution in [0.4, 0.5) is 5.00 Å². The highest BCUT2D eigenvalue weighted by atomic mass is 35.5. The van der Waals surface area contributed by atoms with Crippen molar-refractivity contribution in [2.24, 2.45) is 7.05 Å². The van der Waals surface area contributed by atoms with Crippen LogP contribution in [0, 0.1) is 0 Å². The minimum Gasteiger partial charge on any atom is -0.463 e. The summed E-state index contributed by atoms with van der Waals surface area (Å²) in [6.45, 7) is 1.97. The Kier molecular flexibility index (Phi) is 5.17. The standard InChI is InChI=1S/C21H17ClN2O4S/c1-3-27-21(26)18-14(12-4-6-13(22)7-5-12)11-29-20(18)23-19(25)16-10-17-15(24(16)2)8-9-28-17/h4-11H,3H2,1-2H3,(H,23,25). The summed E-state index contributed by atoms with van der Waals surface area (Å²) in [5.41, 5.74) is 3.68. The van der Waals surface area contributed by atoms with Crippen LogP contribution in [-0.2, 0) is 11.8 Å². The van der Waals surface area contributed by atoms with Gasteiger partial charge in [0.05, 0.1) is 18.4 Å². The van der Waals surface area contributed by atoms with Crippen LogP contribution in [0.2, 0.25) is 5.02 Å². The first-order valence-electron chi connectivity index (χ1n) is 8.88. The van der Waals surface area contributed by atoms with Gasteiger partial charge in [0.25, 0.3) is 5.91 Å². The number of aromatic nitrogens is 1. The zero-order valence-electron chi connectivity index (χ0n) is 15.7. The van der Waals surface area contributed by atoms with Crippen molar-refractivity contribution in [2.45, 2.75) is 6.92 Å². The number of rotatable bonds is 5. The van der Waals surface area contributed by atoms with Crippen molar-refractivity contribution < 1.29 is 18.7 Å². The lowest BCUT2D eigenvalue weighted by molar-refractivity contribution is 0.0529. The van der Waals surface area contributed by atoms with Crippen LogP contribution in [0.5, 0.6) is 0 Å². The van der Waals surface area contributed by atoms with Crippen LogP contribution in [-0.4, -0.2) is 23.1 Å². The first kappa shape index (κ1) is 19.3. The summed E-state index contributed by atoms with van der Waals surface area (Å²) < 4.78 is 12.3. The number of nitrogens with zero attached hydrogens (tertiary/aromatic N) is 1. The number of ether oxygens (including phenoxy) is 1. The fraction of sp³-hybridized carbons (Fsp3) is 0.143. The summed E-state index contributed by atoms with van der Waals surface area (Å²) in [7, 11) is 1.78. The number of benzene rings is 1. The number of halogens is 1. The number of carbonyl (C=O) groups excluding carboxylic acids is 2. The van der Waals surface area contributed by atoms with E-state index < -0.39 is 5.97 Å². The third-order valence-corrected chi connectivity index (χ3v) is 5.70. The molecular formula is C21H17ClN2O4S. The van der Waals surface area contributed by atoms with E-state index in [1.807, 2.05) is 17.5 Å². The second-order valence-electron chi connectivity index (χ2n) is 6.29. The van der Waals surface area contributed by atoms with Gasteiger partial charge in [-0.3, -0.25) is 4.79 Å². The molecular weight excluding hydrogens is 412 g/mol. The summed E-state index contributed by atoms with van der Waals surface area (Å²) in [5, 5.41) is 5.70. The Morgan fingerprint density at radius 2 is 2.00 bits per heavy atom. The van der Waals surface area contributed by atoms with Gasteiger partial charge in [0.15, 0.2) is 5.58 Å². The van der Waals surface area contributed by atoms with E-state index in [0.717, 1.165) is 11.1 Å². The van der Waals surface area contributed by atoms with Gasteiger partial charge in [-0.25, -0.2) is 4.79 Å². The van der Waals surface area contributed by atoms with Crippen molar-refractivity contribution in [3.8, 4) is 11.1 Å². The second-order valence-corrected chi connectivity index (χ2v) is 7.61. The molecule has 0 atom stereocenters. The zero-order valence-corrected chi connectivity index (χ0v) is 17.3. The number of thiophene rings is 1. The van der Waals surface area contributed by atoms with Gasteiger partial charge in [0.1, 0.15) is 16.3 Å². The fourth-order valence-electron chi connectivity index (χ4n) is 3.13. The van der Waals surface area contributed by atoms with Gasteiger partial charge in [-0.2, -0.15) is 0 Å². The summed E-state index contributed by atoms with van der Waals surface area (Å²) in [6, 6.07) is 10.6. The molecule has 1 N–H and O–H groups in total. The number of anilines is 1. The highest BCUT2D eigenvalue weighted by Gasteiger charge is 2.24. The Balaban J connectivity index is 1.72. The summed E-state index contributed by atoms with van der Waals surface area (Å²) in [5.74, 6) is -0.830. The molecule has 148 valence electrons. The number of hydrogen-bond acceptors (Lipinski definition) is 5. The number of aryl methyl sites for hydroxylation is 1. The molecule has 29 heavy (non-hydrogen) atoms. The van der Waals surface area contributed by atoms with Gasteiger partial charge in [-0.1, -0.05) is 23.7 Å². The molecule has 0 saturated carbocycles. The van der Waals surface area contributed by atoms with Crippen molar-refractivity contribution in [2.75, 3.05) is 11.9 Å². The Bertz CT molecular complexity index is 1200. The van der Waals surface area contributed by atoms with Crippen molar-refractivity contribution >= 4 is 50.9 Å². The van der Waals surface area contributed by atoms with Gasteiger partial charge in [0.2, 0.25) is 0 Å². The van der Waals surface area contributed by atoms with Crippen LogP contribution in [0.3, 0.4) is 0 Å². The molecule has 0 aliphatic heterocycles. The number of furan rings is 1. The highest BCUT2D eigenvalue weighted by Crippen LogP contribution is 2.37. The molecule has 0 saturated heterocycles. The van der Waals surface area contributed by atoms with E-state index in [1.54, 1.807) is 49.1 Å². The highest BCUT2D eigenvalue weighted by molar-refractivity contribution is 7.15. The average molecular weight is 429 g/mol. The molecule has 1 amide bonds. The molecule has 6 nitrogen and oxygen atoms in total. The number of nitrogens with one attached hydrogen (secondary N) is 1. The summed E-state index contributed by atoms with van der Waals surface area (Å²) >= 11 is 7.24. The summed E-state index contributed by atoms with van der Waals surface area (Å²) in [4.78, 5) is 25.5. The topological polar surface area (TPSA) is 73.5 Å². The Hall–Kier alpha value is -3.03. The van der Waals surface area contributed by atoms with Crippen LogP contribution in [0.15, 0.2) is 52.5 Å². The largest absolute Gasteiger partial charge is 0.463 e. The fourth-order valence-corrected chi connectivity index (χ4v) is 4.21. The molecule has 0 fully saturated rings. The average Bonchev–Trinajstić information content (AvgIpc) is 3.39. The molecule has 0 radical (unpaired) electrons. The smallest absolute Gasteiger partial charge is 0.341 e. The maximum atomic E-state index is 12.9. The predicted octanol–water partition coefficient (Wildman–Crippen LogP) is 5.58. The Morgan fingerprint density at radius 3 is 2.69 bits per heavy atom. The van der Waals surface area contributed by atoms with Gasteiger partial charge in [0, 0.05) is 35.1 Å². The van der Waals surface area contributed by atoms with E-state index in [0.29, 0.717) is 32.4 Å². The first-order valence-corrected chi connectivity index (χ1v) is 10.1. The lowest BCUT2D eigenvalue weighted by atomic mass is 10.0. The first-order chi connectivity index (χ1) is 14.0. The number of esters is 1. The normalized spacial score (nSPS) is 11.0. The lowest BCUT2D eigenvalue weighted by Gasteiger charge is -2.09. The molecule has 0 aliphatic carbocycles. The van der Waals surface area contributed by atoms with Gasteiger partial charge in [-0.15, -0.1) is 11.3 Å². The molecule has 8 heteroatoms. The van der Waals surface area contributed by atoms with E-state index in [9.17, 15) is 9.59 Å². The monoisotopic (exact) mass is 428 g/mol. The molecule has 0 unspecified atom stereocenters. The van der Waals surface area contributed by atoms with E-state index in [4.69, 9.17) is 20.8 Å². The van der Waals surface area contributed by atoms with E-state index in [1.165, 1.54) is 11.3 Å². The quantitative estimate of drug-likeness (QED) is 0.421. The molecule has 0 aliphatic rings. The number of hydrogen-bond donors (Lipinski definition) is 1. The summed E-state index contributed by atoms with van der Waals surface area (Å²) in [6.07, 6.45) is 1.57. The van der Waals surface area contributed by atoms with Gasteiger partial charge < -0.3 is 19.0 Å². The minimum atomic E-state index is -0.491. The molecule has 4 aromatic rings. The van der Waals surface area contributed by atoms with E-state index in [2.05, 4.69) is 5.32 Å². The Labute approximate surface area is 175 Å². The van der Waals surface area contributed by atoms with Gasteiger partial charge in [-0.05, 0) is 24.6 Å². The minimum absolute atomic E-state index is 0.232. The zero-order chi connectivity index (χ0) is 20.5. The third-order valence-electron chi connectivity index (χ3n) is 4.55. The van der Waals surface area contributed by atoms with Crippen molar-refractivity contribution in [3.63, 3.8) is 0 Å². The lowest BCUT2D eigenvalue weighted by Crippen LogP contribution is -2.17. The maximum Gasteiger partial charge on any atom is 0.341 e. The number of carbonyl (C=O) groups is 2.